The number of rotatable bonds is 8. The van der Waals surface area contributed by atoms with Crippen LogP contribution in [0.2, 0.25) is 0 Å². The molecule has 0 bridgehead atoms. The van der Waals surface area contributed by atoms with E-state index in [1.54, 1.807) is 0 Å². The van der Waals surface area contributed by atoms with Crippen LogP contribution in [0.3, 0.4) is 0 Å². The highest BCUT2D eigenvalue weighted by atomic mass is 32.2. The zero-order valence-corrected chi connectivity index (χ0v) is 16.8. The molecule has 0 radical (unpaired) electrons. The summed E-state index contributed by atoms with van der Waals surface area (Å²) in [5.41, 5.74) is 2.46. The molecular formula is C19H26N3O4S+. The molecule has 7 nitrogen and oxygen atoms in total. The quantitative estimate of drug-likeness (QED) is 0.528. The first-order chi connectivity index (χ1) is 12.6. The number of hydrogen-bond acceptors (Lipinski definition) is 5. The average Bonchev–Trinajstić information content (AvgIpc) is 2.61. The van der Waals surface area contributed by atoms with E-state index in [4.69, 9.17) is 0 Å². The van der Waals surface area contributed by atoms with Gasteiger partial charge in [0.05, 0.1) is 30.5 Å². The van der Waals surface area contributed by atoms with E-state index in [1.807, 2.05) is 14.1 Å². The van der Waals surface area contributed by atoms with Crippen molar-refractivity contribution < 1.29 is 18.2 Å². The third kappa shape index (κ3) is 5.27. The summed E-state index contributed by atoms with van der Waals surface area (Å²) in [4.78, 5) is 11.9. The van der Waals surface area contributed by atoms with E-state index in [2.05, 4.69) is 36.5 Å². The van der Waals surface area contributed by atoms with Gasteiger partial charge in [-0.1, -0.05) is 31.2 Å². The lowest BCUT2D eigenvalue weighted by Crippen LogP contribution is -3.06. The smallest absolute Gasteiger partial charge is 0.293 e. The number of hydrogen-bond donors (Lipinski definition) is 2. The van der Waals surface area contributed by atoms with Crippen LogP contribution in [-0.4, -0.2) is 40.2 Å². The Balaban J connectivity index is 2.27. The van der Waals surface area contributed by atoms with E-state index in [-0.39, 0.29) is 16.6 Å². The molecule has 0 fully saturated rings. The van der Waals surface area contributed by atoms with Crippen molar-refractivity contribution >= 4 is 21.2 Å². The van der Waals surface area contributed by atoms with Gasteiger partial charge in [0, 0.05) is 17.9 Å². The largest absolute Gasteiger partial charge is 0.373 e. The van der Waals surface area contributed by atoms with Crippen molar-refractivity contribution in [2.24, 2.45) is 0 Å². The van der Waals surface area contributed by atoms with Crippen molar-refractivity contribution in [2.45, 2.75) is 24.3 Å². The maximum absolute atomic E-state index is 11.7. The minimum absolute atomic E-state index is 0.0651. The van der Waals surface area contributed by atoms with Gasteiger partial charge in [-0.05, 0) is 24.1 Å². The molecule has 2 rings (SSSR count). The molecule has 0 amide bonds. The fourth-order valence-corrected chi connectivity index (χ4v) is 3.54. The van der Waals surface area contributed by atoms with E-state index in [1.165, 1.54) is 22.6 Å². The van der Waals surface area contributed by atoms with Gasteiger partial charge in [0.15, 0.2) is 9.84 Å². The van der Waals surface area contributed by atoms with Crippen molar-refractivity contribution in [3.05, 3.63) is 63.7 Å². The predicted molar refractivity (Wildman–Crippen MR) is 106 cm³/mol. The van der Waals surface area contributed by atoms with Crippen molar-refractivity contribution in [2.75, 3.05) is 32.2 Å². The SMILES string of the molecule is CCc1ccc([C@@H](CNc2ccc(S(C)(=O)=O)cc2[N+](=O)[O-])[NH+](C)C)cc1. The minimum Gasteiger partial charge on any atom is -0.373 e. The van der Waals surface area contributed by atoms with Crippen LogP contribution in [0, 0.1) is 10.1 Å². The van der Waals surface area contributed by atoms with Crippen molar-refractivity contribution in [1.82, 2.24) is 0 Å². The summed E-state index contributed by atoms with van der Waals surface area (Å²) in [5.74, 6) is 0. The third-order valence-corrected chi connectivity index (χ3v) is 5.69. The zero-order chi connectivity index (χ0) is 20.2. The molecule has 2 N–H and O–H groups in total. The van der Waals surface area contributed by atoms with Crippen LogP contribution in [-0.2, 0) is 16.3 Å². The van der Waals surface area contributed by atoms with Gasteiger partial charge < -0.3 is 10.2 Å². The molecule has 0 aliphatic rings. The minimum atomic E-state index is -3.51. The van der Waals surface area contributed by atoms with E-state index < -0.39 is 14.8 Å². The number of nitrogens with one attached hydrogen (secondary N) is 2. The Morgan fingerprint density at radius 1 is 1.15 bits per heavy atom. The number of aryl methyl sites for hydroxylation is 1. The highest BCUT2D eigenvalue weighted by Gasteiger charge is 2.22. The Labute approximate surface area is 160 Å². The normalized spacial score (nSPS) is 12.8. The lowest BCUT2D eigenvalue weighted by atomic mass is 10.0. The van der Waals surface area contributed by atoms with Crippen molar-refractivity contribution in [3.63, 3.8) is 0 Å². The number of quaternary nitrogens is 1. The van der Waals surface area contributed by atoms with E-state index in [0.29, 0.717) is 12.2 Å². The maximum Gasteiger partial charge on any atom is 0.293 e. The second-order valence-corrected chi connectivity index (χ2v) is 8.83. The van der Waals surface area contributed by atoms with E-state index in [9.17, 15) is 18.5 Å². The monoisotopic (exact) mass is 392 g/mol. The van der Waals surface area contributed by atoms with Crippen molar-refractivity contribution in [3.8, 4) is 0 Å². The molecule has 0 heterocycles. The first kappa shape index (κ1) is 20.9. The highest BCUT2D eigenvalue weighted by Crippen LogP contribution is 2.28. The van der Waals surface area contributed by atoms with Gasteiger partial charge in [-0.15, -0.1) is 0 Å². The Bertz CT molecular complexity index is 909. The summed E-state index contributed by atoms with van der Waals surface area (Å²) in [6.45, 7) is 2.58. The van der Waals surface area contributed by atoms with Crippen molar-refractivity contribution in [1.29, 1.82) is 0 Å². The predicted octanol–water partition coefficient (Wildman–Crippen LogP) is 1.86. The molecule has 27 heavy (non-hydrogen) atoms. The van der Waals surface area contributed by atoms with Gasteiger partial charge in [-0.2, -0.15) is 0 Å². The topological polar surface area (TPSA) is 93.8 Å². The highest BCUT2D eigenvalue weighted by molar-refractivity contribution is 7.90. The summed E-state index contributed by atoms with van der Waals surface area (Å²) in [6, 6.07) is 12.4. The number of nitro groups is 1. The summed E-state index contributed by atoms with van der Waals surface area (Å²) >= 11 is 0. The number of benzene rings is 2. The number of nitro benzene ring substituents is 1. The molecule has 0 unspecified atom stereocenters. The molecule has 0 saturated carbocycles. The van der Waals surface area contributed by atoms with Crippen LogP contribution in [0.5, 0.6) is 0 Å². The fourth-order valence-electron chi connectivity index (χ4n) is 2.90. The molecule has 8 heteroatoms. The second kappa shape index (κ2) is 8.49. The third-order valence-electron chi connectivity index (χ3n) is 4.58. The summed E-state index contributed by atoms with van der Waals surface area (Å²) in [7, 11) is 0.552. The fraction of sp³-hybridized carbons (Fsp3) is 0.368. The molecule has 2 aromatic rings. The van der Waals surface area contributed by atoms with Crippen LogP contribution in [0.1, 0.15) is 24.1 Å². The molecule has 146 valence electrons. The Hall–Kier alpha value is -2.45. The van der Waals surface area contributed by atoms with Crippen LogP contribution in [0.15, 0.2) is 47.4 Å². The van der Waals surface area contributed by atoms with E-state index >= 15 is 0 Å². The number of anilines is 1. The van der Waals surface area contributed by atoms with E-state index in [0.717, 1.165) is 24.3 Å². The summed E-state index contributed by atoms with van der Waals surface area (Å²) < 4.78 is 23.3. The van der Waals surface area contributed by atoms with Gasteiger partial charge in [-0.25, -0.2) is 8.42 Å². The molecule has 1 atom stereocenters. The van der Waals surface area contributed by atoms with Crippen LogP contribution in [0.25, 0.3) is 0 Å². The Morgan fingerprint density at radius 3 is 2.26 bits per heavy atom. The van der Waals surface area contributed by atoms with Gasteiger partial charge in [0.1, 0.15) is 11.7 Å². The molecule has 0 spiro atoms. The van der Waals surface area contributed by atoms with Gasteiger partial charge in [-0.3, -0.25) is 10.1 Å². The average molecular weight is 393 g/mol. The standard InChI is InChI=1S/C19H25N3O4S/c1-5-14-6-8-15(9-7-14)19(21(2)3)13-20-17-11-10-16(27(4,25)26)12-18(17)22(23)24/h6-12,19-20H,5,13H2,1-4H3/p+1/t19-/m1/s1. The Kier molecular flexibility index (Phi) is 6.56. The molecule has 2 aromatic carbocycles. The molecule has 0 aromatic heterocycles. The van der Waals surface area contributed by atoms with Crippen LogP contribution in [0.4, 0.5) is 11.4 Å². The zero-order valence-electron chi connectivity index (χ0n) is 16.0. The lowest BCUT2D eigenvalue weighted by Gasteiger charge is -2.23. The maximum atomic E-state index is 11.7. The number of sulfone groups is 1. The van der Waals surface area contributed by atoms with Crippen LogP contribution < -0.4 is 10.2 Å². The summed E-state index contributed by atoms with van der Waals surface area (Å²) in [6.07, 6.45) is 2.00. The van der Waals surface area contributed by atoms with Gasteiger partial charge >= 0.3 is 0 Å². The lowest BCUT2D eigenvalue weighted by molar-refractivity contribution is -0.890. The number of nitrogens with zero attached hydrogens (tertiary/aromatic N) is 1. The molecular weight excluding hydrogens is 366 g/mol. The first-order valence-electron chi connectivity index (χ1n) is 8.74. The molecule has 0 saturated heterocycles. The number of likely N-dealkylation sites (N-methyl/N-ethyl adjacent to an activating group) is 1. The van der Waals surface area contributed by atoms with Gasteiger partial charge in [0.2, 0.25) is 0 Å². The molecule has 0 aliphatic carbocycles. The summed E-state index contributed by atoms with van der Waals surface area (Å²) in [5, 5.41) is 14.5. The van der Waals surface area contributed by atoms with Gasteiger partial charge in [0.25, 0.3) is 5.69 Å². The second-order valence-electron chi connectivity index (χ2n) is 6.81. The Morgan fingerprint density at radius 2 is 1.78 bits per heavy atom. The first-order valence-corrected chi connectivity index (χ1v) is 10.6. The molecule has 0 aliphatic heterocycles. The van der Waals surface area contributed by atoms with Crippen LogP contribution >= 0.6 is 0 Å².